The molecule has 2 N–H and O–H groups in total. The molecular weight excluding hydrogens is 248 g/mol. The summed E-state index contributed by atoms with van der Waals surface area (Å²) in [5, 5.41) is 0. The summed E-state index contributed by atoms with van der Waals surface area (Å²) in [7, 11) is 0. The zero-order valence-corrected chi connectivity index (χ0v) is 13.0. The zero-order chi connectivity index (χ0) is 14.5. The molecule has 1 saturated carbocycles. The summed E-state index contributed by atoms with van der Waals surface area (Å²) in [5.41, 5.74) is 7.30. The minimum Gasteiger partial charge on any atom is -0.492 e. The molecule has 1 aromatic rings. The third-order valence-corrected chi connectivity index (χ3v) is 4.75. The first-order valence-corrected chi connectivity index (χ1v) is 7.93. The van der Waals surface area contributed by atoms with Gasteiger partial charge in [0.25, 0.3) is 0 Å². The lowest BCUT2D eigenvalue weighted by atomic mass is 9.68. The molecule has 1 aliphatic carbocycles. The first kappa shape index (κ1) is 15.3. The van der Waals surface area contributed by atoms with Gasteiger partial charge >= 0.3 is 0 Å². The van der Waals surface area contributed by atoms with E-state index in [-0.39, 0.29) is 0 Å². The van der Waals surface area contributed by atoms with Crippen LogP contribution in [0.3, 0.4) is 0 Å². The van der Waals surface area contributed by atoms with E-state index in [0.717, 1.165) is 24.1 Å². The largest absolute Gasteiger partial charge is 0.492 e. The Labute approximate surface area is 122 Å². The average molecular weight is 276 g/mol. The molecule has 3 atom stereocenters. The van der Waals surface area contributed by atoms with Gasteiger partial charge in [-0.25, -0.2) is 0 Å². The first-order chi connectivity index (χ1) is 9.65. The van der Waals surface area contributed by atoms with Crippen LogP contribution in [0.5, 0.6) is 5.75 Å². The van der Waals surface area contributed by atoms with Crippen LogP contribution in [0.4, 0.5) is 0 Å². The fraction of sp³-hybridized carbons (Fsp3) is 0.706. The molecule has 2 rings (SSSR count). The Morgan fingerprint density at radius 2 is 2.15 bits per heavy atom. The Hall–Kier alpha value is -1.09. The van der Waals surface area contributed by atoms with Gasteiger partial charge in [-0.15, -0.1) is 0 Å². The van der Waals surface area contributed by atoms with Crippen LogP contribution in [-0.2, 0) is 0 Å². The number of hydrogen-bond donors (Lipinski definition) is 1. The van der Waals surface area contributed by atoms with Gasteiger partial charge in [0.2, 0.25) is 0 Å². The molecule has 1 aliphatic rings. The van der Waals surface area contributed by atoms with Crippen molar-refractivity contribution in [1.29, 1.82) is 0 Å². The quantitative estimate of drug-likeness (QED) is 0.894. The van der Waals surface area contributed by atoms with Gasteiger partial charge in [0.15, 0.2) is 0 Å². The van der Waals surface area contributed by atoms with Crippen LogP contribution in [0.2, 0.25) is 0 Å². The van der Waals surface area contributed by atoms with Crippen LogP contribution in [0.15, 0.2) is 18.5 Å². The normalized spacial score (nSPS) is 26.8. The SMILES string of the molecule is CCOc1cncc(C2CC(C(C)C)CCC2CN)c1. The number of hydrogen-bond acceptors (Lipinski definition) is 3. The highest BCUT2D eigenvalue weighted by Crippen LogP contribution is 2.43. The number of ether oxygens (including phenoxy) is 1. The van der Waals surface area contributed by atoms with Crippen molar-refractivity contribution in [2.45, 2.75) is 46.0 Å². The molecular formula is C17H28N2O. The van der Waals surface area contributed by atoms with Gasteiger partial charge in [0.05, 0.1) is 12.8 Å². The van der Waals surface area contributed by atoms with Gasteiger partial charge < -0.3 is 10.5 Å². The number of rotatable bonds is 5. The van der Waals surface area contributed by atoms with Crippen molar-refractivity contribution in [2.24, 2.45) is 23.5 Å². The lowest BCUT2D eigenvalue weighted by Crippen LogP contribution is -2.30. The van der Waals surface area contributed by atoms with E-state index in [4.69, 9.17) is 10.5 Å². The van der Waals surface area contributed by atoms with Crippen LogP contribution >= 0.6 is 0 Å². The molecule has 112 valence electrons. The molecule has 1 fully saturated rings. The zero-order valence-electron chi connectivity index (χ0n) is 13.0. The van der Waals surface area contributed by atoms with E-state index >= 15 is 0 Å². The smallest absolute Gasteiger partial charge is 0.137 e. The van der Waals surface area contributed by atoms with Crippen molar-refractivity contribution in [1.82, 2.24) is 4.98 Å². The second-order valence-electron chi connectivity index (χ2n) is 6.31. The Kier molecular flexibility index (Phi) is 5.41. The van der Waals surface area contributed by atoms with Crippen LogP contribution in [0.25, 0.3) is 0 Å². The van der Waals surface area contributed by atoms with Crippen LogP contribution in [0, 0.1) is 17.8 Å². The number of nitrogens with two attached hydrogens (primary N) is 1. The molecule has 1 aromatic heterocycles. The molecule has 3 unspecified atom stereocenters. The molecule has 0 saturated heterocycles. The van der Waals surface area contributed by atoms with E-state index in [1.807, 2.05) is 13.1 Å². The molecule has 20 heavy (non-hydrogen) atoms. The fourth-order valence-corrected chi connectivity index (χ4v) is 3.45. The third-order valence-electron chi connectivity index (χ3n) is 4.75. The van der Waals surface area contributed by atoms with Gasteiger partial charge in [0.1, 0.15) is 5.75 Å². The Bertz CT molecular complexity index is 419. The fourth-order valence-electron chi connectivity index (χ4n) is 3.45. The first-order valence-electron chi connectivity index (χ1n) is 7.93. The number of pyridine rings is 1. The van der Waals surface area contributed by atoms with Gasteiger partial charge in [0, 0.05) is 6.20 Å². The van der Waals surface area contributed by atoms with Crippen molar-refractivity contribution in [3.8, 4) is 5.75 Å². The van der Waals surface area contributed by atoms with Crippen molar-refractivity contribution >= 4 is 0 Å². The van der Waals surface area contributed by atoms with Gasteiger partial charge in [-0.3, -0.25) is 4.98 Å². The van der Waals surface area contributed by atoms with Gasteiger partial charge in [-0.1, -0.05) is 13.8 Å². The summed E-state index contributed by atoms with van der Waals surface area (Å²) >= 11 is 0. The average Bonchev–Trinajstić information content (AvgIpc) is 2.47. The summed E-state index contributed by atoms with van der Waals surface area (Å²) in [6.45, 7) is 8.13. The third kappa shape index (κ3) is 3.51. The maximum atomic E-state index is 6.00. The summed E-state index contributed by atoms with van der Waals surface area (Å²) < 4.78 is 5.59. The van der Waals surface area contributed by atoms with Crippen LogP contribution in [-0.4, -0.2) is 18.1 Å². The molecule has 0 aromatic carbocycles. The van der Waals surface area contributed by atoms with E-state index in [9.17, 15) is 0 Å². The summed E-state index contributed by atoms with van der Waals surface area (Å²) in [6, 6.07) is 2.16. The predicted molar refractivity (Wildman–Crippen MR) is 82.9 cm³/mol. The van der Waals surface area contributed by atoms with E-state index in [0.29, 0.717) is 18.4 Å². The minimum atomic E-state index is 0.536. The Morgan fingerprint density at radius 1 is 1.35 bits per heavy atom. The number of aromatic nitrogens is 1. The predicted octanol–water partition coefficient (Wildman–Crippen LogP) is 3.59. The van der Waals surface area contributed by atoms with Crippen molar-refractivity contribution in [2.75, 3.05) is 13.2 Å². The van der Waals surface area contributed by atoms with Crippen molar-refractivity contribution in [3.05, 3.63) is 24.0 Å². The standard InChI is InChI=1S/C17H28N2O/c1-4-20-16-7-15(10-19-11-16)17-8-13(12(2)3)5-6-14(17)9-18/h7,10-14,17H,4-6,8-9,18H2,1-3H3. The molecule has 3 heteroatoms. The summed E-state index contributed by atoms with van der Waals surface area (Å²) in [5.74, 6) is 3.56. The highest BCUT2D eigenvalue weighted by molar-refractivity contribution is 5.27. The van der Waals surface area contributed by atoms with E-state index in [1.165, 1.54) is 24.8 Å². The molecule has 0 spiro atoms. The lowest BCUT2D eigenvalue weighted by Gasteiger charge is -2.37. The van der Waals surface area contributed by atoms with E-state index < -0.39 is 0 Å². The van der Waals surface area contributed by atoms with E-state index in [2.05, 4.69) is 24.9 Å². The highest BCUT2D eigenvalue weighted by Gasteiger charge is 2.32. The molecule has 3 nitrogen and oxygen atoms in total. The lowest BCUT2D eigenvalue weighted by molar-refractivity contribution is 0.197. The van der Waals surface area contributed by atoms with Crippen LogP contribution < -0.4 is 10.5 Å². The van der Waals surface area contributed by atoms with Crippen molar-refractivity contribution in [3.63, 3.8) is 0 Å². The number of nitrogens with zero attached hydrogens (tertiary/aromatic N) is 1. The highest BCUT2D eigenvalue weighted by atomic mass is 16.5. The molecule has 0 radical (unpaired) electrons. The topological polar surface area (TPSA) is 48.1 Å². The Balaban J connectivity index is 2.19. The molecule has 0 amide bonds. The molecule has 0 bridgehead atoms. The van der Waals surface area contributed by atoms with Gasteiger partial charge in [-0.05, 0) is 68.0 Å². The maximum Gasteiger partial charge on any atom is 0.137 e. The second-order valence-corrected chi connectivity index (χ2v) is 6.31. The van der Waals surface area contributed by atoms with E-state index in [1.54, 1.807) is 6.20 Å². The minimum absolute atomic E-state index is 0.536. The van der Waals surface area contributed by atoms with Gasteiger partial charge in [-0.2, -0.15) is 0 Å². The second kappa shape index (κ2) is 7.07. The summed E-state index contributed by atoms with van der Waals surface area (Å²) in [6.07, 6.45) is 7.58. The monoisotopic (exact) mass is 276 g/mol. The molecule has 1 heterocycles. The maximum absolute atomic E-state index is 6.00. The Morgan fingerprint density at radius 3 is 2.80 bits per heavy atom. The van der Waals surface area contributed by atoms with Crippen LogP contribution in [0.1, 0.15) is 51.5 Å². The van der Waals surface area contributed by atoms with Crippen molar-refractivity contribution < 1.29 is 4.74 Å². The summed E-state index contributed by atoms with van der Waals surface area (Å²) in [4.78, 5) is 4.35. The molecule has 0 aliphatic heterocycles.